The van der Waals surface area contributed by atoms with Crippen molar-refractivity contribution in [1.29, 1.82) is 0 Å². The molecular formula is C53H32N8S. The maximum atomic E-state index is 9.26. The van der Waals surface area contributed by atoms with Gasteiger partial charge < -0.3 is 4.57 Å². The second kappa shape index (κ2) is 14.8. The van der Waals surface area contributed by atoms with E-state index >= 15 is 0 Å². The smallest absolute Gasteiger partial charge is 0.166 e. The van der Waals surface area contributed by atoms with E-state index in [0.29, 0.717) is 49.2 Å². The van der Waals surface area contributed by atoms with Crippen molar-refractivity contribution in [2.45, 2.75) is 0 Å². The van der Waals surface area contributed by atoms with Crippen LogP contribution >= 0.6 is 11.3 Å². The summed E-state index contributed by atoms with van der Waals surface area (Å²) in [4.78, 5) is 32.4. The van der Waals surface area contributed by atoms with E-state index in [-0.39, 0.29) is 108 Å². The number of fused-ring (bicyclic) bond motifs is 6. The second-order valence-corrected chi connectivity index (χ2v) is 15.1. The number of thiophene rings is 1. The molecule has 5 heterocycles. The number of para-hydroxylation sites is 3. The first-order chi connectivity index (χ1) is 36.5. The van der Waals surface area contributed by atoms with E-state index in [1.807, 2.05) is 18.2 Å². The van der Waals surface area contributed by atoms with E-state index in [2.05, 4.69) is 19.9 Å². The zero-order valence-electron chi connectivity index (χ0n) is 45.9. The van der Waals surface area contributed by atoms with E-state index in [0.717, 1.165) is 11.3 Å². The highest BCUT2D eigenvalue weighted by Gasteiger charge is 2.21. The predicted molar refractivity (Wildman–Crippen MR) is 251 cm³/mol. The van der Waals surface area contributed by atoms with Gasteiger partial charge in [0.1, 0.15) is 12.7 Å². The van der Waals surface area contributed by atoms with Crippen LogP contribution in [-0.2, 0) is 0 Å². The minimum absolute atomic E-state index is 0.00349. The predicted octanol–water partition coefficient (Wildman–Crippen LogP) is 12.9. The van der Waals surface area contributed by atoms with Gasteiger partial charge in [0, 0.05) is 83.5 Å². The molecule has 0 fully saturated rings. The largest absolute Gasteiger partial charge is 0.309 e. The van der Waals surface area contributed by atoms with E-state index in [9.17, 15) is 4.11 Å². The summed E-state index contributed by atoms with van der Waals surface area (Å²) >= 11 is 1.01. The highest BCUT2D eigenvalue weighted by molar-refractivity contribution is 7.26. The van der Waals surface area contributed by atoms with Crippen molar-refractivity contribution in [1.82, 2.24) is 39.5 Å². The minimum Gasteiger partial charge on any atom is -0.309 e. The molecule has 0 radical (unpaired) electrons. The second-order valence-electron chi connectivity index (χ2n) is 14.1. The van der Waals surface area contributed by atoms with Gasteiger partial charge in [0.05, 0.1) is 35.9 Å². The van der Waals surface area contributed by atoms with Gasteiger partial charge in [-0.1, -0.05) is 103 Å². The molecule has 0 aliphatic carbocycles. The van der Waals surface area contributed by atoms with Crippen LogP contribution in [0.25, 0.3) is 115 Å². The number of hydrogen-bond donors (Lipinski definition) is 0. The molecule has 0 aliphatic heterocycles. The maximum Gasteiger partial charge on any atom is 0.166 e. The van der Waals surface area contributed by atoms with Crippen molar-refractivity contribution >= 4 is 53.3 Å². The number of benzene rings is 7. The van der Waals surface area contributed by atoms with E-state index < -0.39 is 42.3 Å². The van der Waals surface area contributed by atoms with Gasteiger partial charge in [-0.15, -0.1) is 11.3 Å². The highest BCUT2D eigenvalue weighted by atomic mass is 32.1. The van der Waals surface area contributed by atoms with Crippen molar-refractivity contribution in [3.8, 4) is 73.2 Å². The lowest BCUT2D eigenvalue weighted by Crippen LogP contribution is -2.04. The average molecular weight is 827 g/mol. The summed E-state index contributed by atoms with van der Waals surface area (Å²) in [6.45, 7) is 0. The topological polar surface area (TPSA) is 95.2 Å². The number of aromatic nitrogens is 8. The van der Waals surface area contributed by atoms with Crippen molar-refractivity contribution in [2.24, 2.45) is 0 Å². The molecule has 0 amide bonds. The van der Waals surface area contributed by atoms with Crippen molar-refractivity contribution in [3.63, 3.8) is 0 Å². The Labute approximate surface area is 379 Å². The molecular weight excluding hydrogens is 781 g/mol. The molecule has 0 saturated heterocycles. The summed E-state index contributed by atoms with van der Waals surface area (Å²) < 4.78 is 126. The molecule has 62 heavy (non-hydrogen) atoms. The van der Waals surface area contributed by atoms with Crippen LogP contribution in [0.5, 0.6) is 0 Å². The van der Waals surface area contributed by atoms with E-state index in [1.165, 1.54) is 23.3 Å². The van der Waals surface area contributed by atoms with Gasteiger partial charge >= 0.3 is 0 Å². The zero-order chi connectivity index (χ0) is 53.2. The zero-order valence-corrected chi connectivity index (χ0v) is 32.7. The lowest BCUT2D eigenvalue weighted by Gasteiger charge is -2.15. The molecule has 0 spiro atoms. The van der Waals surface area contributed by atoms with Gasteiger partial charge in [-0.3, -0.25) is 0 Å². The molecule has 8 nitrogen and oxygen atoms in total. The Morgan fingerprint density at radius 3 is 1.81 bits per heavy atom. The molecule has 0 atom stereocenters. The first-order valence-electron chi connectivity index (χ1n) is 26.1. The summed E-state index contributed by atoms with van der Waals surface area (Å²) in [7, 11) is 0. The minimum atomic E-state index is -0.544. The Morgan fingerprint density at radius 2 is 1.02 bits per heavy atom. The Balaban J connectivity index is 1.15. The van der Waals surface area contributed by atoms with Gasteiger partial charge in [0.2, 0.25) is 0 Å². The van der Waals surface area contributed by atoms with Crippen molar-refractivity contribution < 1.29 is 19.2 Å². The summed E-state index contributed by atoms with van der Waals surface area (Å²) in [5, 5.41) is 0.176. The van der Waals surface area contributed by atoms with Crippen LogP contribution in [0, 0.1) is 0 Å². The quantitative estimate of drug-likeness (QED) is 0.158. The van der Waals surface area contributed by atoms with Crippen LogP contribution in [0.1, 0.15) is 19.2 Å². The van der Waals surface area contributed by atoms with Crippen LogP contribution < -0.4 is 0 Å². The van der Waals surface area contributed by atoms with Crippen LogP contribution in [0.2, 0.25) is 0 Å². The molecule has 0 bridgehead atoms. The Bertz CT molecular complexity index is 4420. The monoisotopic (exact) mass is 826 g/mol. The SMILES string of the molecule is [2H]c1cc([2H])c2c(c1[2H])c1c([2H])c([2H])c([2H])c([2H])c1n2-c1ccccc1-c1nc(-c2cc(-c3cncnc3)cc(-c3cncnc3)c2)nc(-c2cccc(-c3c([2H])c([2H])c([2H])c4c3sc3c([2H])c([2H])c([2H])c([2H])c34)c2)n1. The maximum absolute atomic E-state index is 9.26. The van der Waals surface area contributed by atoms with Gasteiger partial charge in [0.25, 0.3) is 0 Å². The van der Waals surface area contributed by atoms with Crippen molar-refractivity contribution in [2.75, 3.05) is 0 Å². The fraction of sp³-hybridized carbons (Fsp3) is 0. The van der Waals surface area contributed by atoms with Gasteiger partial charge in [-0.25, -0.2) is 34.9 Å². The molecule has 0 aliphatic rings. The molecule has 9 heteroatoms. The molecule has 12 aromatic rings. The first kappa shape index (κ1) is 24.1. The average Bonchev–Trinajstić information content (AvgIpc) is 4.26. The molecule has 0 saturated carbocycles. The van der Waals surface area contributed by atoms with Crippen LogP contribution in [0.15, 0.2) is 195 Å². The molecule has 0 unspecified atom stereocenters. The van der Waals surface area contributed by atoms with E-state index in [4.69, 9.17) is 30.0 Å². The Morgan fingerprint density at radius 1 is 0.419 bits per heavy atom. The molecule has 12 rings (SSSR count). The molecule has 5 aromatic heterocycles. The summed E-state index contributed by atoms with van der Waals surface area (Å²) in [6, 6.07) is 15.0. The first-order valence-corrected chi connectivity index (χ1v) is 19.9. The third kappa shape index (κ3) is 6.10. The fourth-order valence-corrected chi connectivity index (χ4v) is 8.74. The summed E-state index contributed by atoms with van der Waals surface area (Å²) in [6.07, 6.45) is 9.47. The van der Waals surface area contributed by atoms with Crippen LogP contribution in [-0.4, -0.2) is 39.5 Å². The van der Waals surface area contributed by atoms with Gasteiger partial charge in [-0.2, -0.15) is 0 Å². The highest BCUT2D eigenvalue weighted by Crippen LogP contribution is 2.41. The van der Waals surface area contributed by atoms with Crippen LogP contribution in [0.3, 0.4) is 0 Å². The lowest BCUT2D eigenvalue weighted by molar-refractivity contribution is 1.06. The number of rotatable bonds is 7. The van der Waals surface area contributed by atoms with E-state index in [1.54, 1.807) is 73.3 Å². The van der Waals surface area contributed by atoms with Gasteiger partial charge in [0.15, 0.2) is 17.5 Å². The standard InChI is InChI=1S/C53H32N8S/c1-5-19-46-41(13-1)42-14-2-6-20-47(42)61(46)48-21-7-3-16-45(48)53-59-51(34-12-9-11-33(23-34)40-17-10-18-44-43-15-4-8-22-49(43)62-50(40)44)58-52(60-53)37-25-35(38-27-54-31-55-28-38)24-36(26-37)39-29-56-32-57-30-39/h1-32H/i1D,2D,4D,5D,8D,10D,13D,14D,15D,17D,18D,19D,20D,22D. The van der Waals surface area contributed by atoms with Crippen molar-refractivity contribution in [3.05, 3.63) is 195 Å². The Hall–Kier alpha value is -8.27. The Kier molecular flexibility index (Phi) is 5.74. The molecule has 290 valence electrons. The fourth-order valence-electron chi connectivity index (χ4n) is 7.65. The van der Waals surface area contributed by atoms with Crippen LogP contribution in [0.4, 0.5) is 0 Å². The molecule has 0 N–H and O–H groups in total. The third-order valence-electron chi connectivity index (χ3n) is 10.4. The molecule has 7 aromatic carbocycles. The van der Waals surface area contributed by atoms with Gasteiger partial charge in [-0.05, 0) is 76.8 Å². The normalized spacial score (nSPS) is 14.7. The number of nitrogens with zero attached hydrogens (tertiary/aromatic N) is 8. The lowest BCUT2D eigenvalue weighted by atomic mass is 9.98. The summed E-state index contributed by atoms with van der Waals surface area (Å²) in [5.74, 6) is 0.320. The summed E-state index contributed by atoms with van der Waals surface area (Å²) in [5.41, 5.74) is 4.81. The third-order valence-corrected chi connectivity index (χ3v) is 11.5. The number of hydrogen-bond acceptors (Lipinski definition) is 8.